The topological polar surface area (TPSA) is 66.0 Å². The van der Waals surface area contributed by atoms with E-state index in [2.05, 4.69) is 12.2 Å². The molecule has 0 saturated carbocycles. The van der Waals surface area contributed by atoms with Gasteiger partial charge in [-0.3, -0.25) is 4.79 Å². The van der Waals surface area contributed by atoms with Gasteiger partial charge in [0.05, 0.1) is 38.1 Å². The Hall–Kier alpha value is -2.60. The molecule has 0 aliphatic rings. The van der Waals surface area contributed by atoms with Crippen LogP contribution in [0.1, 0.15) is 37.0 Å². The van der Waals surface area contributed by atoms with Crippen molar-refractivity contribution in [2.24, 2.45) is 0 Å². The Morgan fingerprint density at radius 2 is 1.82 bits per heavy atom. The van der Waals surface area contributed by atoms with Crippen LogP contribution >= 0.6 is 11.6 Å². The smallest absolute Gasteiger partial charge is 0.255 e. The second-order valence-electron chi connectivity index (χ2n) is 5.94. The molecule has 7 heteroatoms. The second-order valence-corrected chi connectivity index (χ2v) is 6.35. The lowest BCUT2D eigenvalue weighted by molar-refractivity contribution is 0.102. The molecule has 0 aliphatic carbocycles. The van der Waals surface area contributed by atoms with Gasteiger partial charge >= 0.3 is 0 Å². The Kier molecular flexibility index (Phi) is 8.26. The summed E-state index contributed by atoms with van der Waals surface area (Å²) in [7, 11) is 3.09. The maximum Gasteiger partial charge on any atom is 0.255 e. The molecule has 1 N–H and O–H groups in total. The van der Waals surface area contributed by atoms with Gasteiger partial charge in [0.15, 0.2) is 11.5 Å². The summed E-state index contributed by atoms with van der Waals surface area (Å²) < 4.78 is 21.9. The standard InChI is InChI=1S/C21H26ClNO5/c1-5-7-10-28-20-16(22)11-14(12-19(20)27-6-2)21(24)23-17-13-15(25-3)8-9-18(17)26-4/h8-9,11-13H,5-7,10H2,1-4H3,(H,23,24). The fraction of sp³-hybridized carbons (Fsp3) is 0.381. The highest BCUT2D eigenvalue weighted by Crippen LogP contribution is 2.37. The molecule has 0 saturated heterocycles. The highest BCUT2D eigenvalue weighted by atomic mass is 35.5. The predicted molar refractivity (Wildman–Crippen MR) is 111 cm³/mol. The predicted octanol–water partition coefficient (Wildman–Crippen LogP) is 5.19. The number of amides is 1. The molecule has 0 bridgehead atoms. The van der Waals surface area contributed by atoms with E-state index in [1.165, 1.54) is 7.11 Å². The van der Waals surface area contributed by atoms with Crippen molar-refractivity contribution < 1.29 is 23.7 Å². The first-order valence-corrected chi connectivity index (χ1v) is 9.54. The van der Waals surface area contributed by atoms with Crippen LogP contribution in [0.5, 0.6) is 23.0 Å². The molecule has 2 aromatic rings. The van der Waals surface area contributed by atoms with E-state index in [4.69, 9.17) is 30.5 Å². The number of rotatable bonds is 10. The third-order valence-corrected chi connectivity index (χ3v) is 4.25. The highest BCUT2D eigenvalue weighted by molar-refractivity contribution is 6.32. The van der Waals surface area contributed by atoms with Crippen molar-refractivity contribution in [2.75, 3.05) is 32.8 Å². The van der Waals surface area contributed by atoms with E-state index in [0.29, 0.717) is 52.5 Å². The number of hydrogen-bond donors (Lipinski definition) is 1. The molecule has 0 radical (unpaired) electrons. The molecule has 6 nitrogen and oxygen atoms in total. The Morgan fingerprint density at radius 3 is 2.46 bits per heavy atom. The SMILES string of the molecule is CCCCOc1c(Cl)cc(C(=O)Nc2cc(OC)ccc2OC)cc1OCC. The molecule has 28 heavy (non-hydrogen) atoms. The molecule has 2 rings (SSSR count). The quantitative estimate of drug-likeness (QED) is 0.549. The van der Waals surface area contributed by atoms with Crippen LogP contribution in [0.25, 0.3) is 0 Å². The molecule has 0 atom stereocenters. The minimum atomic E-state index is -0.352. The highest BCUT2D eigenvalue weighted by Gasteiger charge is 2.18. The molecule has 1 amide bonds. The van der Waals surface area contributed by atoms with Crippen LogP contribution < -0.4 is 24.3 Å². The van der Waals surface area contributed by atoms with Crippen LogP contribution in [0.15, 0.2) is 30.3 Å². The van der Waals surface area contributed by atoms with Gasteiger partial charge in [-0.1, -0.05) is 24.9 Å². The number of halogens is 1. The number of hydrogen-bond acceptors (Lipinski definition) is 5. The van der Waals surface area contributed by atoms with Gasteiger partial charge in [0.1, 0.15) is 11.5 Å². The summed E-state index contributed by atoms with van der Waals surface area (Å²) in [6.45, 7) is 4.89. The van der Waals surface area contributed by atoms with E-state index in [1.807, 2.05) is 6.92 Å². The van der Waals surface area contributed by atoms with Crippen molar-refractivity contribution in [3.05, 3.63) is 40.9 Å². The Balaban J connectivity index is 2.30. The minimum absolute atomic E-state index is 0.324. The number of unbranched alkanes of at least 4 members (excludes halogenated alkanes) is 1. The molecule has 2 aromatic carbocycles. The summed E-state index contributed by atoms with van der Waals surface area (Å²) in [5.41, 5.74) is 0.838. The number of ether oxygens (including phenoxy) is 4. The summed E-state index contributed by atoms with van der Waals surface area (Å²) in [6, 6.07) is 8.34. The van der Waals surface area contributed by atoms with Gasteiger partial charge in [-0.25, -0.2) is 0 Å². The number of carbonyl (C=O) groups excluding carboxylic acids is 1. The monoisotopic (exact) mass is 407 g/mol. The van der Waals surface area contributed by atoms with E-state index < -0.39 is 0 Å². The zero-order valence-corrected chi connectivity index (χ0v) is 17.4. The lowest BCUT2D eigenvalue weighted by Crippen LogP contribution is -2.13. The lowest BCUT2D eigenvalue weighted by atomic mass is 10.1. The summed E-state index contributed by atoms with van der Waals surface area (Å²) in [5, 5.41) is 3.15. The molecule has 0 aliphatic heterocycles. The number of methoxy groups -OCH3 is 2. The minimum Gasteiger partial charge on any atom is -0.497 e. The largest absolute Gasteiger partial charge is 0.497 e. The maximum atomic E-state index is 12.8. The van der Waals surface area contributed by atoms with Crippen LogP contribution in [-0.2, 0) is 0 Å². The Bertz CT molecular complexity index is 810. The second kappa shape index (κ2) is 10.7. The van der Waals surface area contributed by atoms with Crippen LogP contribution in [0, 0.1) is 0 Å². The van der Waals surface area contributed by atoms with Crippen molar-refractivity contribution in [1.82, 2.24) is 0 Å². The van der Waals surface area contributed by atoms with E-state index in [9.17, 15) is 4.79 Å². The zero-order valence-electron chi connectivity index (χ0n) is 16.6. The number of benzene rings is 2. The summed E-state index contributed by atoms with van der Waals surface area (Å²) >= 11 is 6.37. The van der Waals surface area contributed by atoms with Crippen molar-refractivity contribution in [2.45, 2.75) is 26.7 Å². The van der Waals surface area contributed by atoms with Gasteiger partial charge < -0.3 is 24.3 Å². The van der Waals surface area contributed by atoms with Crippen molar-refractivity contribution >= 4 is 23.2 Å². The first-order valence-electron chi connectivity index (χ1n) is 9.16. The van der Waals surface area contributed by atoms with E-state index in [-0.39, 0.29) is 5.91 Å². The van der Waals surface area contributed by atoms with E-state index in [1.54, 1.807) is 37.4 Å². The summed E-state index contributed by atoms with van der Waals surface area (Å²) in [5.74, 6) is 1.66. The first kappa shape index (κ1) is 21.7. The van der Waals surface area contributed by atoms with Crippen molar-refractivity contribution in [1.29, 1.82) is 0 Å². The molecule has 0 spiro atoms. The third kappa shape index (κ3) is 5.45. The average Bonchev–Trinajstić information content (AvgIpc) is 2.69. The Morgan fingerprint density at radius 1 is 1.04 bits per heavy atom. The van der Waals surface area contributed by atoms with Crippen molar-refractivity contribution in [3.63, 3.8) is 0 Å². The van der Waals surface area contributed by atoms with Crippen LogP contribution in [0.2, 0.25) is 5.02 Å². The fourth-order valence-corrected chi connectivity index (χ4v) is 2.79. The van der Waals surface area contributed by atoms with Crippen LogP contribution in [-0.4, -0.2) is 33.3 Å². The molecule has 0 fully saturated rings. The van der Waals surface area contributed by atoms with Crippen molar-refractivity contribution in [3.8, 4) is 23.0 Å². The zero-order chi connectivity index (χ0) is 20.5. The molecule has 0 heterocycles. The van der Waals surface area contributed by atoms with Crippen LogP contribution in [0.4, 0.5) is 5.69 Å². The van der Waals surface area contributed by atoms with E-state index in [0.717, 1.165) is 12.8 Å². The average molecular weight is 408 g/mol. The third-order valence-electron chi connectivity index (χ3n) is 3.97. The molecular formula is C21H26ClNO5. The molecule has 0 aromatic heterocycles. The summed E-state index contributed by atoms with van der Waals surface area (Å²) in [6.07, 6.45) is 1.91. The van der Waals surface area contributed by atoms with Gasteiger partial charge in [0.2, 0.25) is 0 Å². The normalized spacial score (nSPS) is 10.3. The molecule has 152 valence electrons. The van der Waals surface area contributed by atoms with E-state index >= 15 is 0 Å². The molecule has 0 unspecified atom stereocenters. The Labute approximate surface area is 170 Å². The van der Waals surface area contributed by atoms with Gasteiger partial charge in [-0.2, -0.15) is 0 Å². The number of carbonyl (C=O) groups is 1. The first-order chi connectivity index (χ1) is 13.5. The van der Waals surface area contributed by atoms with Gasteiger partial charge in [0.25, 0.3) is 5.91 Å². The van der Waals surface area contributed by atoms with Crippen LogP contribution in [0.3, 0.4) is 0 Å². The fourth-order valence-electron chi connectivity index (χ4n) is 2.53. The maximum absolute atomic E-state index is 12.8. The van der Waals surface area contributed by atoms with Gasteiger partial charge in [-0.15, -0.1) is 0 Å². The molecular weight excluding hydrogens is 382 g/mol. The van der Waals surface area contributed by atoms with Gasteiger partial charge in [-0.05, 0) is 37.6 Å². The summed E-state index contributed by atoms with van der Waals surface area (Å²) in [4.78, 5) is 12.8. The number of anilines is 1. The lowest BCUT2D eigenvalue weighted by Gasteiger charge is -2.16. The van der Waals surface area contributed by atoms with Gasteiger partial charge in [0, 0.05) is 11.6 Å². The number of nitrogens with one attached hydrogen (secondary N) is 1.